The van der Waals surface area contributed by atoms with Crippen molar-refractivity contribution in [2.24, 2.45) is 10.9 Å². The molecule has 0 spiro atoms. The van der Waals surface area contributed by atoms with Gasteiger partial charge in [0.25, 0.3) is 0 Å². The Bertz CT molecular complexity index is 459. The minimum atomic E-state index is -4.37. The van der Waals surface area contributed by atoms with E-state index in [0.29, 0.717) is 0 Å². The van der Waals surface area contributed by atoms with Gasteiger partial charge in [-0.05, 0) is 26.0 Å². The lowest BCUT2D eigenvalue weighted by molar-refractivity contribution is -0.120. The summed E-state index contributed by atoms with van der Waals surface area (Å²) in [6.45, 7) is 2.06. The topological polar surface area (TPSA) is 74.7 Å². The van der Waals surface area contributed by atoms with E-state index in [1.807, 2.05) is 0 Å². The van der Waals surface area contributed by atoms with Gasteiger partial charge in [0.1, 0.15) is 12.4 Å². The van der Waals surface area contributed by atoms with Crippen molar-refractivity contribution in [1.82, 2.24) is 4.98 Å². The van der Waals surface area contributed by atoms with Crippen LogP contribution < -0.4 is 10.6 Å². The van der Waals surface area contributed by atoms with E-state index in [0.717, 1.165) is 4.90 Å². The van der Waals surface area contributed by atoms with Gasteiger partial charge in [-0.15, -0.1) is 0 Å². The highest BCUT2D eigenvalue weighted by molar-refractivity contribution is 6.01. The van der Waals surface area contributed by atoms with E-state index in [-0.39, 0.29) is 17.2 Å². The molecule has 1 rings (SSSR count). The summed E-state index contributed by atoms with van der Waals surface area (Å²) in [5.74, 6) is -0.249. The maximum absolute atomic E-state index is 12.6. The lowest BCUT2D eigenvalue weighted by atomic mass is 10.2. The predicted molar refractivity (Wildman–Crippen MR) is 65.3 cm³/mol. The predicted octanol–water partition coefficient (Wildman–Crippen LogP) is 1.95. The second-order valence-corrected chi connectivity index (χ2v) is 4.20. The molecule has 1 heterocycles. The van der Waals surface area contributed by atoms with Crippen LogP contribution in [0.15, 0.2) is 23.5 Å². The summed E-state index contributed by atoms with van der Waals surface area (Å²) >= 11 is 0. The Morgan fingerprint density at radius 1 is 1.53 bits per heavy atom. The summed E-state index contributed by atoms with van der Waals surface area (Å²) in [5.41, 5.74) is 5.60. The van der Waals surface area contributed by atoms with Crippen LogP contribution in [0.4, 0.5) is 19.0 Å². The summed E-state index contributed by atoms with van der Waals surface area (Å²) < 4.78 is 37.8. The molecule has 0 aliphatic carbocycles. The highest BCUT2D eigenvalue weighted by Crippen LogP contribution is 2.25. The Labute approximate surface area is 108 Å². The number of nitrogens with zero attached hydrogens (tertiary/aromatic N) is 3. The fourth-order valence-corrected chi connectivity index (χ4v) is 1.57. The Hall–Kier alpha value is -1.99. The van der Waals surface area contributed by atoms with Crippen molar-refractivity contribution >= 4 is 11.7 Å². The molecule has 0 amide bonds. The van der Waals surface area contributed by atoms with E-state index in [2.05, 4.69) is 10.1 Å². The molecule has 19 heavy (non-hydrogen) atoms. The highest BCUT2D eigenvalue weighted by Gasteiger charge is 2.33. The number of rotatable bonds is 4. The molecule has 1 aromatic heterocycles. The number of hydrogen-bond acceptors (Lipinski definition) is 4. The molecular formula is C11H15F3N4O. The van der Waals surface area contributed by atoms with Crippen molar-refractivity contribution in [2.75, 3.05) is 11.4 Å². The van der Waals surface area contributed by atoms with Crippen LogP contribution in [0.3, 0.4) is 0 Å². The molecule has 0 atom stereocenters. The van der Waals surface area contributed by atoms with Crippen molar-refractivity contribution < 1.29 is 18.4 Å². The smallest absolute Gasteiger partial charge is 0.405 e. The van der Waals surface area contributed by atoms with Gasteiger partial charge in [-0.25, -0.2) is 4.98 Å². The minimum absolute atomic E-state index is 0.0325. The molecule has 8 heteroatoms. The summed E-state index contributed by atoms with van der Waals surface area (Å²) in [6, 6.07) is 2.51. The van der Waals surface area contributed by atoms with Crippen LogP contribution in [0.1, 0.15) is 19.4 Å². The summed E-state index contributed by atoms with van der Waals surface area (Å²) in [5, 5.41) is 11.5. The zero-order valence-electron chi connectivity index (χ0n) is 10.5. The third-order valence-electron chi connectivity index (χ3n) is 2.42. The molecule has 5 nitrogen and oxygen atoms in total. The second kappa shape index (κ2) is 5.77. The second-order valence-electron chi connectivity index (χ2n) is 4.20. The molecule has 0 radical (unpaired) electrons. The molecule has 0 fully saturated rings. The number of aromatic nitrogens is 1. The first-order valence-electron chi connectivity index (χ1n) is 5.52. The first-order chi connectivity index (χ1) is 8.76. The maximum Gasteiger partial charge on any atom is 0.405 e. The van der Waals surface area contributed by atoms with Crippen LogP contribution in [0.25, 0.3) is 0 Å². The number of oxime groups is 1. The molecule has 0 aliphatic rings. The molecule has 1 aromatic rings. The van der Waals surface area contributed by atoms with Gasteiger partial charge in [0.15, 0.2) is 5.84 Å². The first kappa shape index (κ1) is 15.1. The fourth-order valence-electron chi connectivity index (χ4n) is 1.57. The molecule has 0 aromatic carbocycles. The Morgan fingerprint density at radius 3 is 2.63 bits per heavy atom. The monoisotopic (exact) mass is 276 g/mol. The number of pyridine rings is 1. The van der Waals surface area contributed by atoms with Crippen LogP contribution in [0.5, 0.6) is 0 Å². The van der Waals surface area contributed by atoms with Crippen molar-refractivity contribution in [3.63, 3.8) is 0 Å². The molecule has 106 valence electrons. The Balaban J connectivity index is 3.24. The largest absolute Gasteiger partial charge is 0.409 e. The average Bonchev–Trinajstić information content (AvgIpc) is 2.33. The number of nitrogens with two attached hydrogens (primary N) is 1. The van der Waals surface area contributed by atoms with Gasteiger partial charge in [0.05, 0.1) is 5.56 Å². The molecule has 0 unspecified atom stereocenters. The van der Waals surface area contributed by atoms with E-state index >= 15 is 0 Å². The molecule has 0 saturated heterocycles. The van der Waals surface area contributed by atoms with Crippen molar-refractivity contribution in [2.45, 2.75) is 26.1 Å². The number of hydrogen-bond donors (Lipinski definition) is 2. The standard InChI is InChI=1S/C11H15F3N4O/c1-7(2)18(6-11(12,13)14)10-8(9(15)17-19)4-3-5-16-10/h3-5,7,19H,6H2,1-2H3,(H2,15,17). The van der Waals surface area contributed by atoms with Gasteiger partial charge >= 0.3 is 6.18 Å². The fraction of sp³-hybridized carbons (Fsp3) is 0.455. The molecule has 0 aliphatic heterocycles. The molecular weight excluding hydrogens is 261 g/mol. The zero-order chi connectivity index (χ0) is 14.6. The number of amidine groups is 1. The third-order valence-corrected chi connectivity index (χ3v) is 2.42. The van der Waals surface area contributed by atoms with E-state index in [9.17, 15) is 13.2 Å². The van der Waals surface area contributed by atoms with Gasteiger partial charge < -0.3 is 15.8 Å². The number of anilines is 1. The Kier molecular flexibility index (Phi) is 4.57. The molecule has 3 N–H and O–H groups in total. The van der Waals surface area contributed by atoms with Crippen LogP contribution in [-0.4, -0.2) is 34.8 Å². The lowest BCUT2D eigenvalue weighted by Crippen LogP contribution is -2.40. The van der Waals surface area contributed by atoms with E-state index in [1.54, 1.807) is 13.8 Å². The van der Waals surface area contributed by atoms with E-state index in [1.165, 1.54) is 18.3 Å². The quantitative estimate of drug-likeness (QED) is 0.381. The highest BCUT2D eigenvalue weighted by atomic mass is 19.4. The van der Waals surface area contributed by atoms with Gasteiger partial charge in [-0.3, -0.25) is 0 Å². The molecule has 0 saturated carbocycles. The van der Waals surface area contributed by atoms with Crippen molar-refractivity contribution in [1.29, 1.82) is 0 Å². The van der Waals surface area contributed by atoms with Gasteiger partial charge in [-0.1, -0.05) is 5.16 Å². The normalized spacial score (nSPS) is 12.8. The van der Waals surface area contributed by atoms with E-state index in [4.69, 9.17) is 10.9 Å². The van der Waals surface area contributed by atoms with Crippen LogP contribution in [0.2, 0.25) is 0 Å². The van der Waals surface area contributed by atoms with Gasteiger partial charge in [-0.2, -0.15) is 13.2 Å². The van der Waals surface area contributed by atoms with Crippen molar-refractivity contribution in [3.8, 4) is 0 Å². The average molecular weight is 276 g/mol. The maximum atomic E-state index is 12.6. The number of halogens is 3. The molecule has 0 bridgehead atoms. The summed E-state index contributed by atoms with van der Waals surface area (Å²) in [7, 11) is 0. The van der Waals surface area contributed by atoms with Crippen molar-refractivity contribution in [3.05, 3.63) is 23.9 Å². The van der Waals surface area contributed by atoms with Gasteiger partial charge in [0, 0.05) is 12.2 Å². The first-order valence-corrected chi connectivity index (χ1v) is 5.52. The van der Waals surface area contributed by atoms with E-state index < -0.39 is 18.8 Å². The van der Waals surface area contributed by atoms with Crippen LogP contribution >= 0.6 is 0 Å². The Morgan fingerprint density at radius 2 is 2.16 bits per heavy atom. The minimum Gasteiger partial charge on any atom is -0.409 e. The SMILES string of the molecule is CC(C)N(CC(F)(F)F)c1ncccc1C(N)=NO. The van der Waals surface area contributed by atoms with Crippen LogP contribution in [-0.2, 0) is 0 Å². The summed E-state index contributed by atoms with van der Waals surface area (Å²) in [6.07, 6.45) is -3.01. The summed E-state index contributed by atoms with van der Waals surface area (Å²) in [4.78, 5) is 4.96. The lowest BCUT2D eigenvalue weighted by Gasteiger charge is -2.30. The van der Waals surface area contributed by atoms with Gasteiger partial charge in [0.2, 0.25) is 0 Å². The third kappa shape index (κ3) is 4.01. The van der Waals surface area contributed by atoms with Crippen LogP contribution in [0, 0.1) is 0 Å². The number of alkyl halides is 3. The zero-order valence-corrected chi connectivity index (χ0v) is 10.5.